The van der Waals surface area contributed by atoms with Crippen molar-refractivity contribution >= 4 is 11.6 Å². The van der Waals surface area contributed by atoms with E-state index in [0.29, 0.717) is 5.41 Å². The summed E-state index contributed by atoms with van der Waals surface area (Å²) < 4.78 is 0. The molecule has 0 aromatic heterocycles. The monoisotopic (exact) mass is 468 g/mol. The largest absolute Gasteiger partial charge is 0.274 e. The Morgan fingerprint density at radius 1 is 1.06 bits per heavy atom. The Labute approximate surface area is 210 Å². The van der Waals surface area contributed by atoms with E-state index in [2.05, 4.69) is 65.1 Å². The molecule has 4 rings (SSSR count). The molecule has 0 spiro atoms. The van der Waals surface area contributed by atoms with Crippen LogP contribution in [-0.4, -0.2) is 11.6 Å². The fourth-order valence-electron chi connectivity index (χ4n) is 9.60. The Balaban J connectivity index is 1.54. The van der Waals surface area contributed by atoms with Crippen molar-refractivity contribution in [2.45, 2.75) is 120 Å². The smallest absolute Gasteiger partial charge is 0.236 e. The maximum atomic E-state index is 11.5. The van der Waals surface area contributed by atoms with Gasteiger partial charge in [0.1, 0.15) is 0 Å². The second-order valence-electron chi connectivity index (χ2n) is 14.0. The first-order valence-electron chi connectivity index (χ1n) is 14.5. The van der Waals surface area contributed by atoms with Gasteiger partial charge >= 0.3 is 0 Å². The molecule has 0 saturated heterocycles. The van der Waals surface area contributed by atoms with Crippen LogP contribution in [0.5, 0.6) is 0 Å². The van der Waals surface area contributed by atoms with Crippen molar-refractivity contribution in [3.63, 3.8) is 0 Å². The van der Waals surface area contributed by atoms with Crippen molar-refractivity contribution in [1.29, 1.82) is 0 Å². The van der Waals surface area contributed by atoms with Crippen molar-refractivity contribution < 1.29 is 4.79 Å². The second kappa shape index (κ2) is 9.40. The second-order valence-corrected chi connectivity index (χ2v) is 14.0. The highest BCUT2D eigenvalue weighted by Gasteiger charge is 2.60. The average molecular weight is 469 g/mol. The standard InChI is InChI=1S/C31H52N2O/c1-20(2)10-9-11-21(3)24-13-14-25-23-12-15-27-29(5,6)28(33-32-22(4)34)17-19-31(27,8)26(23)16-18-30(24,25)7/h15,20-21,23-26H,9-14,16-19H2,1-8H3,(H,32,34)/b33-28-/t21-,23-,24?,25?,26?,30+,31+/m0/s1. The first kappa shape index (κ1) is 26.0. The van der Waals surface area contributed by atoms with Gasteiger partial charge in [-0.2, -0.15) is 5.10 Å². The van der Waals surface area contributed by atoms with Crippen LogP contribution in [0.1, 0.15) is 120 Å². The van der Waals surface area contributed by atoms with Gasteiger partial charge in [-0.15, -0.1) is 0 Å². The van der Waals surface area contributed by atoms with Crippen LogP contribution < -0.4 is 5.43 Å². The summed E-state index contributed by atoms with van der Waals surface area (Å²) in [4.78, 5) is 11.5. The third kappa shape index (κ3) is 4.32. The van der Waals surface area contributed by atoms with Crippen LogP contribution >= 0.6 is 0 Å². The molecule has 4 aliphatic carbocycles. The predicted molar refractivity (Wildman–Crippen MR) is 143 cm³/mol. The van der Waals surface area contributed by atoms with E-state index in [4.69, 9.17) is 0 Å². The molecule has 3 unspecified atom stereocenters. The maximum absolute atomic E-state index is 11.5. The quantitative estimate of drug-likeness (QED) is 0.310. The molecule has 3 saturated carbocycles. The lowest BCUT2D eigenvalue weighted by Gasteiger charge is -2.60. The van der Waals surface area contributed by atoms with E-state index >= 15 is 0 Å². The summed E-state index contributed by atoms with van der Waals surface area (Å²) in [6.07, 6.45) is 16.0. The van der Waals surface area contributed by atoms with Crippen molar-refractivity contribution in [1.82, 2.24) is 5.43 Å². The van der Waals surface area contributed by atoms with Crippen molar-refractivity contribution in [3.8, 4) is 0 Å². The van der Waals surface area contributed by atoms with Gasteiger partial charge in [0.2, 0.25) is 5.91 Å². The van der Waals surface area contributed by atoms with E-state index in [9.17, 15) is 4.79 Å². The third-order valence-corrected chi connectivity index (χ3v) is 11.3. The summed E-state index contributed by atoms with van der Waals surface area (Å²) in [6, 6.07) is 0. The molecular formula is C31H52N2O. The number of hydrazone groups is 1. The Hall–Kier alpha value is -1.12. The topological polar surface area (TPSA) is 41.5 Å². The summed E-state index contributed by atoms with van der Waals surface area (Å²) in [5, 5.41) is 4.57. The van der Waals surface area contributed by atoms with Crippen LogP contribution in [0.15, 0.2) is 16.8 Å². The zero-order valence-electron chi connectivity index (χ0n) is 23.5. The van der Waals surface area contributed by atoms with Crippen LogP contribution in [0.3, 0.4) is 0 Å². The molecule has 1 N–H and O–H groups in total. The van der Waals surface area contributed by atoms with Gasteiger partial charge in [0.25, 0.3) is 0 Å². The Kier molecular flexibility index (Phi) is 7.17. The highest BCUT2D eigenvalue weighted by Crippen LogP contribution is 2.68. The zero-order chi connectivity index (χ0) is 24.9. The van der Waals surface area contributed by atoms with Gasteiger partial charge in [0.15, 0.2) is 0 Å². The van der Waals surface area contributed by atoms with Gasteiger partial charge in [-0.1, -0.05) is 79.4 Å². The predicted octanol–water partition coefficient (Wildman–Crippen LogP) is 8.16. The minimum atomic E-state index is -0.0740. The molecule has 0 aromatic rings. The van der Waals surface area contributed by atoms with Crippen LogP contribution in [-0.2, 0) is 4.79 Å². The summed E-state index contributed by atoms with van der Waals surface area (Å²) in [7, 11) is 0. The van der Waals surface area contributed by atoms with E-state index in [1.54, 1.807) is 12.5 Å². The molecule has 192 valence electrons. The highest BCUT2D eigenvalue weighted by molar-refractivity contribution is 5.94. The van der Waals surface area contributed by atoms with Crippen molar-refractivity contribution in [3.05, 3.63) is 11.6 Å². The zero-order valence-corrected chi connectivity index (χ0v) is 23.5. The van der Waals surface area contributed by atoms with E-state index in [0.717, 1.165) is 47.6 Å². The molecule has 0 radical (unpaired) electrons. The number of rotatable bonds is 6. The first-order chi connectivity index (χ1) is 15.9. The van der Waals surface area contributed by atoms with Gasteiger partial charge < -0.3 is 0 Å². The van der Waals surface area contributed by atoms with Gasteiger partial charge in [0.05, 0.1) is 0 Å². The molecule has 34 heavy (non-hydrogen) atoms. The number of nitrogens with zero attached hydrogens (tertiary/aromatic N) is 1. The van der Waals surface area contributed by atoms with Gasteiger partial charge in [-0.05, 0) is 91.3 Å². The number of allylic oxidation sites excluding steroid dienone is 2. The van der Waals surface area contributed by atoms with Gasteiger partial charge in [-0.25, -0.2) is 5.43 Å². The lowest BCUT2D eigenvalue weighted by atomic mass is 9.44. The first-order valence-corrected chi connectivity index (χ1v) is 14.5. The fourth-order valence-corrected chi connectivity index (χ4v) is 9.60. The normalized spacial score (nSPS) is 40.9. The minimum Gasteiger partial charge on any atom is -0.274 e. The summed E-state index contributed by atoms with van der Waals surface area (Å²) >= 11 is 0. The molecule has 3 heteroatoms. The molecule has 0 heterocycles. The lowest BCUT2D eigenvalue weighted by Crippen LogP contribution is -2.54. The van der Waals surface area contributed by atoms with Crippen LogP contribution in [0.25, 0.3) is 0 Å². The summed E-state index contributed by atoms with van der Waals surface area (Å²) in [6.45, 7) is 18.8. The number of nitrogens with one attached hydrogen (secondary N) is 1. The molecule has 7 atom stereocenters. The number of fused-ring (bicyclic) bond motifs is 5. The van der Waals surface area contributed by atoms with E-state index < -0.39 is 0 Å². The molecule has 4 aliphatic rings. The molecule has 0 aromatic carbocycles. The molecular weight excluding hydrogens is 416 g/mol. The number of hydrogen-bond acceptors (Lipinski definition) is 2. The number of amides is 1. The highest BCUT2D eigenvalue weighted by atomic mass is 16.2. The fraction of sp³-hybridized carbons (Fsp3) is 0.871. The van der Waals surface area contributed by atoms with Crippen molar-refractivity contribution in [2.75, 3.05) is 0 Å². The van der Waals surface area contributed by atoms with E-state index in [1.807, 2.05) is 0 Å². The number of carbonyl (C=O) groups is 1. The molecule has 0 bridgehead atoms. The Morgan fingerprint density at radius 2 is 1.79 bits per heavy atom. The summed E-state index contributed by atoms with van der Waals surface area (Å²) in [5.74, 6) is 5.11. The number of hydrogen-bond donors (Lipinski definition) is 1. The van der Waals surface area contributed by atoms with Crippen LogP contribution in [0.2, 0.25) is 0 Å². The maximum Gasteiger partial charge on any atom is 0.236 e. The molecule has 3 nitrogen and oxygen atoms in total. The average Bonchev–Trinajstić information content (AvgIpc) is 3.09. The van der Waals surface area contributed by atoms with E-state index in [-0.39, 0.29) is 16.7 Å². The van der Waals surface area contributed by atoms with Crippen LogP contribution in [0.4, 0.5) is 0 Å². The number of carbonyl (C=O) groups excluding carboxylic acids is 1. The lowest BCUT2D eigenvalue weighted by molar-refractivity contribution is -0.118. The Bertz CT molecular complexity index is 838. The third-order valence-electron chi connectivity index (χ3n) is 11.3. The Morgan fingerprint density at radius 3 is 2.47 bits per heavy atom. The van der Waals surface area contributed by atoms with E-state index in [1.165, 1.54) is 57.8 Å². The van der Waals surface area contributed by atoms with Gasteiger partial charge in [-0.3, -0.25) is 4.79 Å². The van der Waals surface area contributed by atoms with Gasteiger partial charge in [0, 0.05) is 18.1 Å². The van der Waals surface area contributed by atoms with Crippen molar-refractivity contribution in [2.24, 2.45) is 56.9 Å². The molecule has 0 aliphatic heterocycles. The molecule has 1 amide bonds. The SMILES string of the molecule is CC(=O)N/N=C1/CC[C@@]2(C)C(=CC[C@H]3C4CCC([C@@H](C)CCCC(C)C)[C@@]4(C)CCC32)C1(C)C. The molecule has 3 fully saturated rings. The summed E-state index contributed by atoms with van der Waals surface area (Å²) in [5.41, 5.74) is 6.25. The van der Waals surface area contributed by atoms with Crippen LogP contribution in [0, 0.1) is 51.8 Å². The minimum absolute atomic E-state index is 0.0652.